The van der Waals surface area contributed by atoms with Crippen molar-refractivity contribution < 1.29 is 9.59 Å². The number of carbonyl (C=O) groups is 2. The molecular formula is C22H38N4O2. The Morgan fingerprint density at radius 2 is 1.75 bits per heavy atom. The summed E-state index contributed by atoms with van der Waals surface area (Å²) >= 11 is 0. The molecule has 0 aromatic heterocycles. The van der Waals surface area contributed by atoms with Crippen LogP contribution < -0.4 is 10.6 Å². The topological polar surface area (TPSA) is 64.7 Å². The lowest BCUT2D eigenvalue weighted by Crippen LogP contribution is -2.55. The molecule has 4 fully saturated rings. The van der Waals surface area contributed by atoms with Crippen LogP contribution in [0.3, 0.4) is 0 Å². The highest BCUT2D eigenvalue weighted by Gasteiger charge is 2.40. The summed E-state index contributed by atoms with van der Waals surface area (Å²) < 4.78 is 0. The Balaban J connectivity index is 1.18. The van der Waals surface area contributed by atoms with Crippen LogP contribution in [0, 0.1) is 11.8 Å². The first-order valence-corrected chi connectivity index (χ1v) is 11.6. The monoisotopic (exact) mass is 390 g/mol. The fraction of sp³-hybridized carbons (Fsp3) is 0.909. The van der Waals surface area contributed by atoms with Crippen molar-refractivity contribution in [2.45, 2.75) is 82.8 Å². The molecule has 28 heavy (non-hydrogen) atoms. The van der Waals surface area contributed by atoms with E-state index >= 15 is 0 Å². The normalized spacial score (nSPS) is 36.8. The van der Waals surface area contributed by atoms with Crippen molar-refractivity contribution in [2.75, 3.05) is 32.7 Å². The molecule has 2 saturated carbocycles. The van der Waals surface area contributed by atoms with Crippen molar-refractivity contribution in [1.29, 1.82) is 0 Å². The van der Waals surface area contributed by atoms with Gasteiger partial charge in [0.25, 0.3) is 0 Å². The Hall–Kier alpha value is -1.14. The lowest BCUT2D eigenvalue weighted by molar-refractivity contribution is -0.135. The number of nitrogens with one attached hydrogen (secondary N) is 2. The Morgan fingerprint density at radius 1 is 0.964 bits per heavy atom. The van der Waals surface area contributed by atoms with Gasteiger partial charge >= 0.3 is 0 Å². The van der Waals surface area contributed by atoms with Crippen LogP contribution in [-0.2, 0) is 9.59 Å². The molecule has 5 atom stereocenters. The van der Waals surface area contributed by atoms with E-state index in [0.717, 1.165) is 51.4 Å². The van der Waals surface area contributed by atoms with Crippen LogP contribution in [0.4, 0.5) is 0 Å². The predicted molar refractivity (Wildman–Crippen MR) is 110 cm³/mol. The van der Waals surface area contributed by atoms with E-state index in [2.05, 4.69) is 22.5 Å². The third-order valence-electron chi connectivity index (χ3n) is 7.51. The number of amides is 2. The van der Waals surface area contributed by atoms with Gasteiger partial charge in [0.2, 0.25) is 11.8 Å². The van der Waals surface area contributed by atoms with Crippen molar-refractivity contribution in [3.63, 3.8) is 0 Å². The van der Waals surface area contributed by atoms with Gasteiger partial charge in [-0.3, -0.25) is 14.5 Å². The lowest BCUT2D eigenvalue weighted by Gasteiger charge is -2.36. The summed E-state index contributed by atoms with van der Waals surface area (Å²) in [5.41, 5.74) is 0. The van der Waals surface area contributed by atoms with E-state index in [-0.39, 0.29) is 17.9 Å². The fourth-order valence-corrected chi connectivity index (χ4v) is 5.90. The van der Waals surface area contributed by atoms with Crippen LogP contribution >= 0.6 is 0 Å². The summed E-state index contributed by atoms with van der Waals surface area (Å²) in [7, 11) is 0. The van der Waals surface area contributed by atoms with Crippen molar-refractivity contribution in [2.24, 2.45) is 11.8 Å². The molecule has 6 nitrogen and oxygen atoms in total. The molecule has 0 radical (unpaired) electrons. The second-order valence-electron chi connectivity index (χ2n) is 9.74. The number of piperazine rings is 1. The first-order valence-electron chi connectivity index (χ1n) is 11.6. The van der Waals surface area contributed by atoms with Crippen LogP contribution in [0.5, 0.6) is 0 Å². The molecule has 2 heterocycles. The maximum atomic E-state index is 12.9. The van der Waals surface area contributed by atoms with E-state index in [1.54, 1.807) is 0 Å². The molecular weight excluding hydrogens is 352 g/mol. The van der Waals surface area contributed by atoms with Gasteiger partial charge < -0.3 is 15.5 Å². The average molecular weight is 391 g/mol. The Labute approximate surface area is 169 Å². The minimum Gasteiger partial charge on any atom is -0.352 e. The zero-order valence-corrected chi connectivity index (χ0v) is 17.5. The van der Waals surface area contributed by atoms with E-state index in [0.29, 0.717) is 24.5 Å². The Kier molecular flexibility index (Phi) is 6.56. The predicted octanol–water partition coefficient (Wildman–Crippen LogP) is 1.75. The standard InChI is InChI=1S/C22H38N4O2/c1-16-5-4-7-18(13-16)23-21(27)15-25-9-11-26(12-10-25)22(28)20-14-17-6-2-3-8-19(17)24-20/h16-20,24H,2-15H2,1H3,(H,23,27). The average Bonchev–Trinajstić information content (AvgIpc) is 3.12. The number of fused-ring (bicyclic) bond motifs is 1. The fourth-order valence-electron chi connectivity index (χ4n) is 5.90. The zero-order chi connectivity index (χ0) is 19.5. The summed E-state index contributed by atoms with van der Waals surface area (Å²) in [6.45, 7) is 5.86. The highest BCUT2D eigenvalue weighted by atomic mass is 16.2. The molecule has 0 spiro atoms. The molecule has 2 aliphatic carbocycles. The second-order valence-corrected chi connectivity index (χ2v) is 9.74. The first-order chi connectivity index (χ1) is 13.6. The zero-order valence-electron chi connectivity index (χ0n) is 17.5. The molecule has 2 aliphatic heterocycles. The first kappa shape index (κ1) is 20.1. The maximum absolute atomic E-state index is 12.9. The summed E-state index contributed by atoms with van der Waals surface area (Å²) in [6, 6.07) is 0.947. The summed E-state index contributed by atoms with van der Waals surface area (Å²) in [6.07, 6.45) is 10.9. The third-order valence-corrected chi connectivity index (χ3v) is 7.51. The molecule has 0 bridgehead atoms. The van der Waals surface area contributed by atoms with Gasteiger partial charge in [-0.05, 0) is 43.9 Å². The molecule has 5 unspecified atom stereocenters. The Morgan fingerprint density at radius 3 is 2.50 bits per heavy atom. The molecule has 0 aromatic carbocycles. The molecule has 158 valence electrons. The molecule has 4 aliphatic rings. The van der Waals surface area contributed by atoms with E-state index in [4.69, 9.17) is 0 Å². The summed E-state index contributed by atoms with van der Waals surface area (Å²) in [5.74, 6) is 1.87. The number of carbonyl (C=O) groups excluding carboxylic acids is 2. The molecule has 2 saturated heterocycles. The van der Waals surface area contributed by atoms with Gasteiger partial charge in [-0.15, -0.1) is 0 Å². The SMILES string of the molecule is CC1CCCC(NC(=O)CN2CCN(C(=O)C3CC4CCCCC4N3)CC2)C1. The molecule has 6 heteroatoms. The lowest BCUT2D eigenvalue weighted by atomic mass is 9.85. The van der Waals surface area contributed by atoms with Gasteiger partial charge in [0.05, 0.1) is 12.6 Å². The van der Waals surface area contributed by atoms with Gasteiger partial charge in [-0.2, -0.15) is 0 Å². The number of hydrogen-bond acceptors (Lipinski definition) is 4. The van der Waals surface area contributed by atoms with Gasteiger partial charge in [0, 0.05) is 38.3 Å². The van der Waals surface area contributed by atoms with Crippen molar-refractivity contribution in [3.05, 3.63) is 0 Å². The van der Waals surface area contributed by atoms with E-state index in [9.17, 15) is 9.59 Å². The minimum atomic E-state index is 0.0243. The van der Waals surface area contributed by atoms with Crippen molar-refractivity contribution in [1.82, 2.24) is 20.4 Å². The number of nitrogens with zero attached hydrogens (tertiary/aromatic N) is 2. The molecule has 0 aromatic rings. The highest BCUT2D eigenvalue weighted by molar-refractivity contribution is 5.82. The van der Waals surface area contributed by atoms with Gasteiger partial charge in [0.15, 0.2) is 0 Å². The largest absolute Gasteiger partial charge is 0.352 e. The summed E-state index contributed by atoms with van der Waals surface area (Å²) in [5, 5.41) is 6.85. The number of rotatable bonds is 4. The Bertz CT molecular complexity index is 547. The van der Waals surface area contributed by atoms with E-state index in [1.807, 2.05) is 4.90 Å². The van der Waals surface area contributed by atoms with Crippen LogP contribution in [0.2, 0.25) is 0 Å². The minimum absolute atomic E-state index is 0.0243. The third kappa shape index (κ3) is 4.88. The maximum Gasteiger partial charge on any atom is 0.239 e. The van der Waals surface area contributed by atoms with E-state index in [1.165, 1.54) is 38.5 Å². The quantitative estimate of drug-likeness (QED) is 0.768. The smallest absolute Gasteiger partial charge is 0.239 e. The molecule has 2 amide bonds. The van der Waals surface area contributed by atoms with Crippen LogP contribution in [0.15, 0.2) is 0 Å². The highest BCUT2D eigenvalue weighted by Crippen LogP contribution is 2.33. The van der Waals surface area contributed by atoms with Gasteiger partial charge in [-0.25, -0.2) is 0 Å². The van der Waals surface area contributed by atoms with Crippen LogP contribution in [-0.4, -0.2) is 72.5 Å². The van der Waals surface area contributed by atoms with Crippen LogP contribution in [0.25, 0.3) is 0 Å². The second kappa shape index (κ2) is 9.12. The molecule has 4 rings (SSSR count). The van der Waals surface area contributed by atoms with E-state index < -0.39 is 0 Å². The van der Waals surface area contributed by atoms with Gasteiger partial charge in [-0.1, -0.05) is 32.6 Å². The van der Waals surface area contributed by atoms with Crippen LogP contribution in [0.1, 0.15) is 64.7 Å². The van der Waals surface area contributed by atoms with Gasteiger partial charge in [0.1, 0.15) is 0 Å². The van der Waals surface area contributed by atoms with Crippen molar-refractivity contribution >= 4 is 11.8 Å². The van der Waals surface area contributed by atoms with Crippen molar-refractivity contribution in [3.8, 4) is 0 Å². The summed E-state index contributed by atoms with van der Waals surface area (Å²) in [4.78, 5) is 29.6. The number of hydrogen-bond donors (Lipinski definition) is 2. The molecule has 2 N–H and O–H groups in total.